The molecule has 0 saturated heterocycles. The third-order valence-corrected chi connectivity index (χ3v) is 4.15. The maximum atomic E-state index is 11.4. The molecule has 1 aromatic heterocycles. The van der Waals surface area contributed by atoms with Crippen molar-refractivity contribution >= 4 is 40.0 Å². The Morgan fingerprint density at radius 3 is 2.54 bits per heavy atom. The first kappa shape index (κ1) is 20.5. The molecular formula is C15H22IN5O2S. The number of guanidine groups is 1. The molecule has 0 saturated carbocycles. The molecule has 0 radical (unpaired) electrons. The number of benzene rings is 1. The van der Waals surface area contributed by atoms with Gasteiger partial charge < -0.3 is 15.2 Å². The third kappa shape index (κ3) is 6.49. The van der Waals surface area contributed by atoms with Crippen molar-refractivity contribution in [2.24, 2.45) is 10.1 Å². The fourth-order valence-corrected chi connectivity index (χ4v) is 2.65. The van der Waals surface area contributed by atoms with Gasteiger partial charge in [-0.25, -0.2) is 13.6 Å². The van der Waals surface area contributed by atoms with E-state index in [1.165, 1.54) is 6.07 Å². The smallest absolute Gasteiger partial charge is 0.238 e. The molecule has 0 aliphatic heterocycles. The first-order valence-corrected chi connectivity index (χ1v) is 8.70. The molecule has 0 aliphatic rings. The molecule has 1 heterocycles. The van der Waals surface area contributed by atoms with Crippen LogP contribution < -0.4 is 15.8 Å². The summed E-state index contributed by atoms with van der Waals surface area (Å²) in [5.41, 5.74) is 0.810. The molecule has 0 atom stereocenters. The first-order chi connectivity index (χ1) is 11.0. The van der Waals surface area contributed by atoms with Crippen LogP contribution in [0, 0.1) is 0 Å². The number of nitrogens with two attached hydrogens (primary N) is 1. The number of halogens is 1. The SMILES string of the molecule is CN=C(NCCn1cccc1)NCc1cccc(S(N)(=O)=O)c1.I. The van der Waals surface area contributed by atoms with Crippen LogP contribution in [0.2, 0.25) is 0 Å². The van der Waals surface area contributed by atoms with Gasteiger partial charge in [-0.1, -0.05) is 12.1 Å². The van der Waals surface area contributed by atoms with Crippen LogP contribution in [-0.2, 0) is 23.1 Å². The summed E-state index contributed by atoms with van der Waals surface area (Å²) < 4.78 is 24.8. The Hall–Kier alpha value is -1.59. The number of rotatable bonds is 6. The van der Waals surface area contributed by atoms with E-state index in [2.05, 4.69) is 20.2 Å². The van der Waals surface area contributed by atoms with E-state index in [1.54, 1.807) is 19.2 Å². The molecule has 0 fully saturated rings. The zero-order valence-corrected chi connectivity index (χ0v) is 16.5. The van der Waals surface area contributed by atoms with Crippen LogP contribution in [0.1, 0.15) is 5.56 Å². The largest absolute Gasteiger partial charge is 0.355 e. The first-order valence-electron chi connectivity index (χ1n) is 7.16. The lowest BCUT2D eigenvalue weighted by atomic mass is 10.2. The Bertz CT molecular complexity index is 760. The van der Waals surface area contributed by atoms with Crippen molar-refractivity contribution < 1.29 is 8.42 Å². The van der Waals surface area contributed by atoms with Gasteiger partial charge in [0, 0.05) is 39.1 Å². The molecule has 0 bridgehead atoms. The van der Waals surface area contributed by atoms with Crippen molar-refractivity contribution in [3.8, 4) is 0 Å². The lowest BCUT2D eigenvalue weighted by Gasteiger charge is -2.12. The highest BCUT2D eigenvalue weighted by atomic mass is 127. The molecule has 24 heavy (non-hydrogen) atoms. The van der Waals surface area contributed by atoms with Gasteiger partial charge in [-0.2, -0.15) is 0 Å². The molecule has 4 N–H and O–H groups in total. The molecule has 1 aromatic carbocycles. The van der Waals surface area contributed by atoms with Crippen LogP contribution in [0.3, 0.4) is 0 Å². The maximum absolute atomic E-state index is 11.4. The van der Waals surface area contributed by atoms with Crippen molar-refractivity contribution in [3.63, 3.8) is 0 Å². The summed E-state index contributed by atoms with van der Waals surface area (Å²) in [4.78, 5) is 4.24. The lowest BCUT2D eigenvalue weighted by Crippen LogP contribution is -2.38. The van der Waals surface area contributed by atoms with Gasteiger partial charge >= 0.3 is 0 Å². The Kier molecular flexibility index (Phi) is 8.22. The van der Waals surface area contributed by atoms with Gasteiger partial charge in [0.25, 0.3) is 0 Å². The van der Waals surface area contributed by atoms with E-state index in [0.717, 1.165) is 18.7 Å². The van der Waals surface area contributed by atoms with Gasteiger partial charge in [-0.3, -0.25) is 4.99 Å². The van der Waals surface area contributed by atoms with E-state index in [9.17, 15) is 8.42 Å². The fraction of sp³-hybridized carbons (Fsp3) is 0.267. The average Bonchev–Trinajstić information content (AvgIpc) is 3.03. The van der Waals surface area contributed by atoms with E-state index in [1.807, 2.05) is 30.6 Å². The van der Waals surface area contributed by atoms with Gasteiger partial charge in [0.15, 0.2) is 5.96 Å². The van der Waals surface area contributed by atoms with Crippen molar-refractivity contribution in [2.75, 3.05) is 13.6 Å². The zero-order valence-electron chi connectivity index (χ0n) is 13.3. The van der Waals surface area contributed by atoms with E-state index in [4.69, 9.17) is 5.14 Å². The van der Waals surface area contributed by atoms with Crippen molar-refractivity contribution in [2.45, 2.75) is 18.0 Å². The Balaban J connectivity index is 0.00000288. The Morgan fingerprint density at radius 1 is 1.21 bits per heavy atom. The van der Waals surface area contributed by atoms with E-state index < -0.39 is 10.0 Å². The number of hydrogen-bond acceptors (Lipinski definition) is 3. The standard InChI is InChI=1S/C15H21N5O2S.HI/c1-17-15(18-7-10-20-8-2-3-9-20)19-12-13-5-4-6-14(11-13)23(16,21)22;/h2-6,8-9,11H,7,10,12H2,1H3,(H2,16,21,22)(H2,17,18,19);1H. The topological polar surface area (TPSA) is 102 Å². The van der Waals surface area contributed by atoms with Crippen LogP contribution in [0.5, 0.6) is 0 Å². The van der Waals surface area contributed by atoms with Gasteiger partial charge in [-0.05, 0) is 29.8 Å². The van der Waals surface area contributed by atoms with Crippen LogP contribution in [0.25, 0.3) is 0 Å². The molecule has 7 nitrogen and oxygen atoms in total. The van der Waals surface area contributed by atoms with Crippen LogP contribution in [0.4, 0.5) is 0 Å². The number of aliphatic imine (C=N–C) groups is 1. The predicted octanol–water partition coefficient (Wildman–Crippen LogP) is 1.12. The van der Waals surface area contributed by atoms with Gasteiger partial charge in [0.05, 0.1) is 4.90 Å². The van der Waals surface area contributed by atoms with Gasteiger partial charge in [-0.15, -0.1) is 24.0 Å². The zero-order chi connectivity index (χ0) is 16.7. The number of hydrogen-bond donors (Lipinski definition) is 3. The van der Waals surface area contributed by atoms with E-state index in [0.29, 0.717) is 12.5 Å². The second-order valence-corrected chi connectivity index (χ2v) is 6.53. The van der Waals surface area contributed by atoms with Gasteiger partial charge in [0.2, 0.25) is 10.0 Å². The predicted molar refractivity (Wildman–Crippen MR) is 106 cm³/mol. The van der Waals surface area contributed by atoms with E-state index in [-0.39, 0.29) is 28.9 Å². The number of primary sulfonamides is 1. The van der Waals surface area contributed by atoms with Crippen molar-refractivity contribution in [1.29, 1.82) is 0 Å². The highest BCUT2D eigenvalue weighted by Crippen LogP contribution is 2.09. The van der Waals surface area contributed by atoms with Crippen molar-refractivity contribution in [3.05, 3.63) is 54.4 Å². The minimum atomic E-state index is -3.69. The van der Waals surface area contributed by atoms with Crippen molar-refractivity contribution in [1.82, 2.24) is 15.2 Å². The molecule has 2 aromatic rings. The lowest BCUT2D eigenvalue weighted by molar-refractivity contribution is 0.597. The second kappa shape index (κ2) is 9.64. The molecular weight excluding hydrogens is 441 g/mol. The summed E-state index contributed by atoms with van der Waals surface area (Å²) >= 11 is 0. The van der Waals surface area contributed by atoms with E-state index >= 15 is 0 Å². The van der Waals surface area contributed by atoms with Crippen LogP contribution in [0.15, 0.2) is 58.7 Å². The second-order valence-electron chi connectivity index (χ2n) is 4.97. The molecule has 0 aliphatic carbocycles. The highest BCUT2D eigenvalue weighted by molar-refractivity contribution is 14.0. The summed E-state index contributed by atoms with van der Waals surface area (Å²) in [5, 5.41) is 11.5. The number of nitrogens with one attached hydrogen (secondary N) is 2. The van der Waals surface area contributed by atoms with Crippen LogP contribution in [-0.4, -0.2) is 32.5 Å². The fourth-order valence-electron chi connectivity index (χ4n) is 2.06. The summed E-state index contributed by atoms with van der Waals surface area (Å²) in [5.74, 6) is 0.651. The number of sulfonamides is 1. The summed E-state index contributed by atoms with van der Waals surface area (Å²) in [6.07, 6.45) is 3.99. The van der Waals surface area contributed by atoms with Crippen LogP contribution >= 0.6 is 24.0 Å². The summed E-state index contributed by atoms with van der Waals surface area (Å²) in [6, 6.07) is 10.5. The monoisotopic (exact) mass is 463 g/mol. The quantitative estimate of drug-likeness (QED) is 0.340. The van der Waals surface area contributed by atoms with Gasteiger partial charge in [0.1, 0.15) is 0 Å². The molecule has 2 rings (SSSR count). The molecule has 132 valence electrons. The maximum Gasteiger partial charge on any atom is 0.238 e. The summed E-state index contributed by atoms with van der Waals surface area (Å²) in [7, 11) is -2.00. The number of aromatic nitrogens is 1. The molecule has 9 heteroatoms. The minimum Gasteiger partial charge on any atom is -0.355 e. The molecule has 0 amide bonds. The summed E-state index contributed by atoms with van der Waals surface area (Å²) in [6.45, 7) is 2.01. The third-order valence-electron chi connectivity index (χ3n) is 3.24. The average molecular weight is 463 g/mol. The Labute approximate surface area is 159 Å². The molecule has 0 spiro atoms. The Morgan fingerprint density at radius 2 is 1.92 bits per heavy atom. The molecule has 0 unspecified atom stereocenters. The normalized spacial score (nSPS) is 11.7. The minimum absolute atomic E-state index is 0. The number of nitrogens with zero attached hydrogens (tertiary/aromatic N) is 2. The highest BCUT2D eigenvalue weighted by Gasteiger charge is 2.08.